The number of aromatic nitrogens is 1. The van der Waals surface area contributed by atoms with Crippen LogP contribution in [0.1, 0.15) is 21.5 Å². The quantitative estimate of drug-likeness (QED) is 0.872. The normalized spacial score (nSPS) is 9.56. The number of nitrogens with one attached hydrogen (secondary N) is 1. The zero-order valence-electron chi connectivity index (χ0n) is 9.84. The van der Waals surface area contributed by atoms with Crippen LogP contribution in [-0.2, 0) is 0 Å². The van der Waals surface area contributed by atoms with E-state index in [1.165, 1.54) is 6.20 Å². The highest BCUT2D eigenvalue weighted by Crippen LogP contribution is 2.12. The third kappa shape index (κ3) is 2.53. The summed E-state index contributed by atoms with van der Waals surface area (Å²) in [6, 6.07) is 12.5. The van der Waals surface area contributed by atoms with Crippen molar-refractivity contribution in [1.82, 2.24) is 4.98 Å². The molecule has 0 spiro atoms. The lowest BCUT2D eigenvalue weighted by atomic mass is 10.1. The Balaban J connectivity index is 2.25. The number of nitrogens with zero attached hydrogens (tertiary/aromatic N) is 2. The number of nitriles is 1. The molecule has 2 aromatic rings. The number of aryl methyl sites for hydroxylation is 1. The molecule has 4 nitrogen and oxygen atoms in total. The standard InChI is InChI=1S/C14H11N3O/c1-10-4-2-5-11(8-10)14(18)17-13-12(9-15)6-3-7-16-13/h2-8H,1H3,(H,16,17,18). The van der Waals surface area contributed by atoms with E-state index in [9.17, 15) is 4.79 Å². The highest BCUT2D eigenvalue weighted by Gasteiger charge is 2.09. The second-order valence-corrected chi connectivity index (χ2v) is 3.83. The molecule has 18 heavy (non-hydrogen) atoms. The number of anilines is 1. The molecule has 4 heteroatoms. The lowest BCUT2D eigenvalue weighted by Gasteiger charge is -2.06. The molecule has 1 heterocycles. The van der Waals surface area contributed by atoms with Gasteiger partial charge in [-0.2, -0.15) is 5.26 Å². The van der Waals surface area contributed by atoms with Crippen LogP contribution >= 0.6 is 0 Å². The topological polar surface area (TPSA) is 65.8 Å². The van der Waals surface area contributed by atoms with Crippen molar-refractivity contribution in [1.29, 1.82) is 5.26 Å². The Morgan fingerprint density at radius 1 is 1.33 bits per heavy atom. The van der Waals surface area contributed by atoms with E-state index >= 15 is 0 Å². The number of rotatable bonds is 2. The second-order valence-electron chi connectivity index (χ2n) is 3.83. The van der Waals surface area contributed by atoms with Gasteiger partial charge >= 0.3 is 0 Å². The molecule has 0 atom stereocenters. The first-order chi connectivity index (χ1) is 8.70. The van der Waals surface area contributed by atoms with Crippen molar-refractivity contribution in [3.63, 3.8) is 0 Å². The van der Waals surface area contributed by atoms with Gasteiger partial charge in [0.15, 0.2) is 5.82 Å². The van der Waals surface area contributed by atoms with Crippen LogP contribution in [0.2, 0.25) is 0 Å². The van der Waals surface area contributed by atoms with Crippen LogP contribution in [-0.4, -0.2) is 10.9 Å². The van der Waals surface area contributed by atoms with Crippen molar-refractivity contribution in [3.05, 3.63) is 59.3 Å². The maximum Gasteiger partial charge on any atom is 0.256 e. The number of benzene rings is 1. The Hall–Kier alpha value is -2.67. The average molecular weight is 237 g/mol. The molecule has 0 unspecified atom stereocenters. The molecule has 1 amide bonds. The average Bonchev–Trinajstić information content (AvgIpc) is 2.39. The van der Waals surface area contributed by atoms with Crippen molar-refractivity contribution in [2.45, 2.75) is 6.92 Å². The minimum absolute atomic E-state index is 0.270. The number of carbonyl (C=O) groups is 1. The van der Waals surface area contributed by atoms with E-state index in [1.807, 2.05) is 25.1 Å². The monoisotopic (exact) mass is 237 g/mol. The Kier molecular flexibility index (Phi) is 3.35. The SMILES string of the molecule is Cc1cccc(C(=O)Nc2ncccc2C#N)c1. The lowest BCUT2D eigenvalue weighted by Crippen LogP contribution is -2.14. The van der Waals surface area contributed by atoms with Gasteiger partial charge < -0.3 is 5.32 Å². The zero-order valence-corrected chi connectivity index (χ0v) is 9.84. The number of hydrogen-bond donors (Lipinski definition) is 1. The van der Waals surface area contributed by atoms with E-state index in [2.05, 4.69) is 10.3 Å². The van der Waals surface area contributed by atoms with Gasteiger partial charge in [-0.15, -0.1) is 0 Å². The number of hydrogen-bond acceptors (Lipinski definition) is 3. The minimum Gasteiger partial charge on any atom is -0.305 e. The van der Waals surface area contributed by atoms with Gasteiger partial charge in [-0.05, 0) is 31.2 Å². The molecule has 1 aromatic heterocycles. The number of pyridine rings is 1. The Morgan fingerprint density at radius 2 is 2.17 bits per heavy atom. The Bertz CT molecular complexity index is 629. The Labute approximate surface area is 105 Å². The van der Waals surface area contributed by atoms with E-state index < -0.39 is 0 Å². The van der Waals surface area contributed by atoms with Gasteiger partial charge in [0.2, 0.25) is 0 Å². The van der Waals surface area contributed by atoms with E-state index in [0.29, 0.717) is 11.1 Å². The maximum atomic E-state index is 12.0. The van der Waals surface area contributed by atoms with Crippen molar-refractivity contribution in [2.24, 2.45) is 0 Å². The molecule has 2 rings (SSSR count). The third-order valence-electron chi connectivity index (χ3n) is 2.44. The van der Waals surface area contributed by atoms with Gasteiger partial charge in [0.05, 0.1) is 5.56 Å². The molecular formula is C14H11N3O. The first kappa shape index (κ1) is 11.8. The van der Waals surface area contributed by atoms with Crippen LogP contribution in [0, 0.1) is 18.3 Å². The summed E-state index contributed by atoms with van der Waals surface area (Å²) in [7, 11) is 0. The number of carbonyl (C=O) groups excluding carboxylic acids is 1. The summed E-state index contributed by atoms with van der Waals surface area (Å²) >= 11 is 0. The molecule has 88 valence electrons. The fraction of sp³-hybridized carbons (Fsp3) is 0.0714. The van der Waals surface area contributed by atoms with E-state index in [4.69, 9.17) is 5.26 Å². The highest BCUT2D eigenvalue weighted by molar-refractivity contribution is 6.04. The van der Waals surface area contributed by atoms with Crippen molar-refractivity contribution >= 4 is 11.7 Å². The predicted octanol–water partition coefficient (Wildman–Crippen LogP) is 2.51. The maximum absolute atomic E-state index is 12.0. The van der Waals surface area contributed by atoms with Gasteiger partial charge in [-0.1, -0.05) is 17.7 Å². The zero-order chi connectivity index (χ0) is 13.0. The summed E-state index contributed by atoms with van der Waals surface area (Å²) in [5.41, 5.74) is 1.90. The molecule has 1 aromatic carbocycles. The van der Waals surface area contributed by atoms with Crippen LogP contribution in [0.25, 0.3) is 0 Å². The van der Waals surface area contributed by atoms with Gasteiger partial charge in [0, 0.05) is 11.8 Å². The van der Waals surface area contributed by atoms with Gasteiger partial charge in [-0.3, -0.25) is 4.79 Å². The van der Waals surface area contributed by atoms with Crippen LogP contribution < -0.4 is 5.32 Å². The smallest absolute Gasteiger partial charge is 0.256 e. The molecule has 0 aliphatic carbocycles. The van der Waals surface area contributed by atoms with Crippen LogP contribution in [0.3, 0.4) is 0 Å². The van der Waals surface area contributed by atoms with E-state index in [1.54, 1.807) is 24.3 Å². The van der Waals surface area contributed by atoms with Gasteiger partial charge in [0.25, 0.3) is 5.91 Å². The lowest BCUT2D eigenvalue weighted by molar-refractivity contribution is 0.102. The molecule has 0 saturated heterocycles. The highest BCUT2D eigenvalue weighted by atomic mass is 16.1. The van der Waals surface area contributed by atoms with Gasteiger partial charge in [-0.25, -0.2) is 4.98 Å². The van der Waals surface area contributed by atoms with E-state index in [-0.39, 0.29) is 11.7 Å². The summed E-state index contributed by atoms with van der Waals surface area (Å²) < 4.78 is 0. The predicted molar refractivity (Wildman–Crippen MR) is 68.1 cm³/mol. The summed E-state index contributed by atoms with van der Waals surface area (Å²) in [5, 5.41) is 11.5. The fourth-order valence-electron chi connectivity index (χ4n) is 1.56. The minimum atomic E-state index is -0.270. The summed E-state index contributed by atoms with van der Waals surface area (Å²) in [6.45, 7) is 1.91. The van der Waals surface area contributed by atoms with Crippen LogP contribution in [0.15, 0.2) is 42.6 Å². The van der Waals surface area contributed by atoms with Crippen LogP contribution in [0.5, 0.6) is 0 Å². The summed E-state index contributed by atoms with van der Waals surface area (Å²) in [6.07, 6.45) is 1.53. The second kappa shape index (κ2) is 5.11. The first-order valence-electron chi connectivity index (χ1n) is 5.44. The molecule has 0 radical (unpaired) electrons. The Morgan fingerprint density at radius 3 is 2.89 bits per heavy atom. The number of amides is 1. The molecule has 1 N–H and O–H groups in total. The van der Waals surface area contributed by atoms with Crippen molar-refractivity contribution in [3.8, 4) is 6.07 Å². The molecular weight excluding hydrogens is 226 g/mol. The summed E-state index contributed by atoms with van der Waals surface area (Å²) in [5.74, 6) is 0.0143. The molecule has 0 aliphatic rings. The largest absolute Gasteiger partial charge is 0.305 e. The van der Waals surface area contributed by atoms with E-state index in [0.717, 1.165) is 5.56 Å². The van der Waals surface area contributed by atoms with Gasteiger partial charge in [0.1, 0.15) is 6.07 Å². The van der Waals surface area contributed by atoms with Crippen molar-refractivity contribution < 1.29 is 4.79 Å². The molecule has 0 fully saturated rings. The molecule has 0 aliphatic heterocycles. The molecule has 0 bridgehead atoms. The molecule has 0 saturated carbocycles. The summed E-state index contributed by atoms with van der Waals surface area (Å²) in [4.78, 5) is 16.0. The third-order valence-corrected chi connectivity index (χ3v) is 2.44. The fourth-order valence-corrected chi connectivity index (χ4v) is 1.56. The van der Waals surface area contributed by atoms with Crippen LogP contribution in [0.4, 0.5) is 5.82 Å². The first-order valence-corrected chi connectivity index (χ1v) is 5.44. The van der Waals surface area contributed by atoms with Crippen molar-refractivity contribution in [2.75, 3.05) is 5.32 Å².